The van der Waals surface area contributed by atoms with Gasteiger partial charge in [-0.25, -0.2) is 0 Å². The molecule has 0 bridgehead atoms. The number of rotatable bonds is 3. The maximum atomic E-state index is 12.3. The molecule has 1 atom stereocenters. The molecular formula is C20H32N2O4. The van der Waals surface area contributed by atoms with Crippen molar-refractivity contribution < 1.29 is 19.2 Å². The largest absolute Gasteiger partial charge is 0.294 e. The molecule has 0 saturated carbocycles. The zero-order chi connectivity index (χ0) is 21.1. The van der Waals surface area contributed by atoms with Crippen molar-refractivity contribution in [3.8, 4) is 0 Å². The summed E-state index contributed by atoms with van der Waals surface area (Å²) in [5.74, 6) is -2.24. The molecule has 26 heavy (non-hydrogen) atoms. The second-order valence-corrected chi connectivity index (χ2v) is 4.83. The lowest BCUT2D eigenvalue weighted by Crippen LogP contribution is -2.63. The lowest BCUT2D eigenvalue weighted by atomic mass is 9.89. The zero-order valence-corrected chi connectivity index (χ0v) is 17.1. The smallest absolute Gasteiger partial charge is 0.262 e. The fraction of sp³-hybridized carbons (Fsp3) is 0.500. The molecule has 0 aliphatic carbocycles. The highest BCUT2D eigenvalue weighted by Crippen LogP contribution is 2.33. The molecule has 0 aromatic heterocycles. The molecule has 2 heterocycles. The summed E-state index contributed by atoms with van der Waals surface area (Å²) >= 11 is 0. The van der Waals surface area contributed by atoms with Crippen molar-refractivity contribution >= 4 is 23.6 Å². The van der Waals surface area contributed by atoms with Crippen molar-refractivity contribution in [1.82, 2.24) is 10.2 Å². The van der Waals surface area contributed by atoms with E-state index in [9.17, 15) is 19.2 Å². The monoisotopic (exact) mass is 364 g/mol. The quantitative estimate of drug-likeness (QED) is 0.779. The van der Waals surface area contributed by atoms with Gasteiger partial charge in [-0.3, -0.25) is 29.4 Å². The number of hydrogen-bond donors (Lipinski definition) is 1. The molecule has 1 fully saturated rings. The lowest BCUT2D eigenvalue weighted by Gasteiger charge is -2.38. The standard InChI is InChI=1S/C14H14N2O4.3C2H6/c1-4-8-9(5-2)12(19)16(11(8)18)14(3)7-6-10(17)15-13(14)20;3*1-2/h4-5H,1-2,6-7H2,3H3,(H,15,17,20);3*1-2H3. The van der Waals surface area contributed by atoms with Gasteiger partial charge in [-0.2, -0.15) is 0 Å². The highest BCUT2D eigenvalue weighted by Gasteiger charge is 2.52. The van der Waals surface area contributed by atoms with Crippen LogP contribution >= 0.6 is 0 Å². The normalized spacial score (nSPS) is 21.4. The molecule has 1 saturated heterocycles. The summed E-state index contributed by atoms with van der Waals surface area (Å²) in [6.45, 7) is 20.5. The van der Waals surface area contributed by atoms with Gasteiger partial charge in [-0.1, -0.05) is 66.9 Å². The minimum absolute atomic E-state index is 0.0755. The highest BCUT2D eigenvalue weighted by molar-refractivity contribution is 6.24. The third kappa shape index (κ3) is 4.77. The van der Waals surface area contributed by atoms with Crippen molar-refractivity contribution in [3.05, 3.63) is 36.5 Å². The Labute approximate surface area is 157 Å². The maximum Gasteiger partial charge on any atom is 0.262 e. The van der Waals surface area contributed by atoms with E-state index >= 15 is 0 Å². The van der Waals surface area contributed by atoms with Crippen LogP contribution in [0.3, 0.4) is 0 Å². The number of nitrogens with one attached hydrogen (secondary N) is 1. The molecular weight excluding hydrogens is 332 g/mol. The van der Waals surface area contributed by atoms with Crippen molar-refractivity contribution in [2.45, 2.75) is 66.8 Å². The number of hydrogen-bond acceptors (Lipinski definition) is 4. The second kappa shape index (κ2) is 12.0. The summed E-state index contributed by atoms with van der Waals surface area (Å²) in [6.07, 6.45) is 2.72. The van der Waals surface area contributed by atoms with Gasteiger partial charge in [0.2, 0.25) is 5.91 Å². The van der Waals surface area contributed by atoms with Crippen molar-refractivity contribution in [3.63, 3.8) is 0 Å². The molecule has 6 nitrogen and oxygen atoms in total. The SMILES string of the molecule is C=CC1=C(C=C)C(=O)N(C2(C)CCC(=O)NC2=O)C1=O.CC.CC.CC. The predicted octanol–water partition coefficient (Wildman–Crippen LogP) is 3.30. The van der Waals surface area contributed by atoms with Gasteiger partial charge in [0, 0.05) is 6.42 Å². The van der Waals surface area contributed by atoms with Gasteiger partial charge in [0.15, 0.2) is 0 Å². The number of carbonyl (C=O) groups is 4. The van der Waals surface area contributed by atoms with E-state index in [2.05, 4.69) is 18.5 Å². The summed E-state index contributed by atoms with van der Waals surface area (Å²) in [5.41, 5.74) is -1.13. The van der Waals surface area contributed by atoms with Gasteiger partial charge < -0.3 is 0 Å². The summed E-state index contributed by atoms with van der Waals surface area (Å²) in [4.78, 5) is 48.8. The number of nitrogens with zero attached hydrogens (tertiary/aromatic N) is 1. The van der Waals surface area contributed by atoms with E-state index in [-0.39, 0.29) is 24.0 Å². The first-order chi connectivity index (χ1) is 12.4. The number of imide groups is 2. The molecule has 0 aromatic rings. The van der Waals surface area contributed by atoms with Crippen LogP contribution in [0.25, 0.3) is 0 Å². The van der Waals surface area contributed by atoms with E-state index in [0.29, 0.717) is 0 Å². The Kier molecular flexibility index (Phi) is 11.8. The fourth-order valence-electron chi connectivity index (χ4n) is 2.41. The van der Waals surface area contributed by atoms with E-state index < -0.39 is 29.2 Å². The third-order valence-corrected chi connectivity index (χ3v) is 3.64. The molecule has 0 aromatic carbocycles. The van der Waals surface area contributed by atoms with Crippen LogP contribution in [0.15, 0.2) is 36.5 Å². The average Bonchev–Trinajstić information content (AvgIpc) is 2.93. The van der Waals surface area contributed by atoms with Crippen LogP contribution in [0.5, 0.6) is 0 Å². The first kappa shape index (κ1) is 25.7. The van der Waals surface area contributed by atoms with Gasteiger partial charge in [0.25, 0.3) is 17.7 Å². The summed E-state index contributed by atoms with van der Waals surface area (Å²) in [6, 6.07) is 0. The predicted molar refractivity (Wildman–Crippen MR) is 104 cm³/mol. The van der Waals surface area contributed by atoms with Crippen molar-refractivity contribution in [2.75, 3.05) is 0 Å². The Hall–Kier alpha value is -2.50. The van der Waals surface area contributed by atoms with Crippen LogP contribution in [0, 0.1) is 0 Å². The molecule has 2 aliphatic rings. The van der Waals surface area contributed by atoms with Crippen LogP contribution in [-0.2, 0) is 19.2 Å². The Morgan fingerprint density at radius 1 is 0.885 bits per heavy atom. The molecule has 0 spiro atoms. The van der Waals surface area contributed by atoms with Gasteiger partial charge in [0.05, 0.1) is 11.1 Å². The van der Waals surface area contributed by atoms with Crippen LogP contribution in [0.4, 0.5) is 0 Å². The van der Waals surface area contributed by atoms with E-state index in [4.69, 9.17) is 0 Å². The Morgan fingerprint density at radius 2 is 1.27 bits per heavy atom. The van der Waals surface area contributed by atoms with Gasteiger partial charge in [0.1, 0.15) is 5.54 Å². The van der Waals surface area contributed by atoms with E-state index in [0.717, 1.165) is 4.90 Å². The molecule has 6 heteroatoms. The summed E-state index contributed by atoms with van der Waals surface area (Å²) in [5, 5.41) is 2.16. The second-order valence-electron chi connectivity index (χ2n) is 4.83. The number of amides is 4. The van der Waals surface area contributed by atoms with Crippen LogP contribution < -0.4 is 5.32 Å². The molecule has 0 radical (unpaired) electrons. The van der Waals surface area contributed by atoms with Gasteiger partial charge in [-0.15, -0.1) is 0 Å². The van der Waals surface area contributed by atoms with Gasteiger partial charge >= 0.3 is 0 Å². The van der Waals surface area contributed by atoms with Gasteiger partial charge in [-0.05, 0) is 13.3 Å². The number of piperidine rings is 1. The average molecular weight is 364 g/mol. The molecule has 1 unspecified atom stereocenters. The molecule has 1 N–H and O–H groups in total. The zero-order valence-electron chi connectivity index (χ0n) is 17.1. The Bertz CT molecular complexity index is 575. The van der Waals surface area contributed by atoms with Crippen LogP contribution in [0.1, 0.15) is 61.3 Å². The van der Waals surface area contributed by atoms with Crippen LogP contribution in [-0.4, -0.2) is 34.1 Å². The minimum atomic E-state index is -1.37. The molecule has 2 aliphatic heterocycles. The molecule has 146 valence electrons. The molecule has 2 rings (SSSR count). The fourth-order valence-corrected chi connectivity index (χ4v) is 2.41. The van der Waals surface area contributed by atoms with E-state index in [1.165, 1.54) is 19.1 Å². The summed E-state index contributed by atoms with van der Waals surface area (Å²) in [7, 11) is 0. The minimum Gasteiger partial charge on any atom is -0.294 e. The van der Waals surface area contributed by atoms with Crippen LogP contribution in [0.2, 0.25) is 0 Å². The highest BCUT2D eigenvalue weighted by atomic mass is 16.2. The van der Waals surface area contributed by atoms with E-state index in [1.807, 2.05) is 41.5 Å². The maximum absolute atomic E-state index is 12.3. The third-order valence-electron chi connectivity index (χ3n) is 3.64. The Balaban J connectivity index is 0. The summed E-state index contributed by atoms with van der Waals surface area (Å²) < 4.78 is 0. The van der Waals surface area contributed by atoms with E-state index in [1.54, 1.807) is 0 Å². The lowest BCUT2D eigenvalue weighted by molar-refractivity contribution is -0.156. The van der Waals surface area contributed by atoms with Crippen molar-refractivity contribution in [1.29, 1.82) is 0 Å². The topological polar surface area (TPSA) is 83.6 Å². The van der Waals surface area contributed by atoms with Crippen molar-refractivity contribution in [2.24, 2.45) is 0 Å². The Morgan fingerprint density at radius 3 is 1.58 bits per heavy atom. The first-order valence-corrected chi connectivity index (χ1v) is 9.09. The first-order valence-electron chi connectivity index (χ1n) is 9.09. The molecule has 4 amide bonds. The number of carbonyl (C=O) groups excluding carboxylic acids is 4.